The number of nitrogens with two attached hydrogens (primary N) is 1. The Balaban J connectivity index is 2.46. The summed E-state index contributed by atoms with van der Waals surface area (Å²) in [6, 6.07) is 7.67. The summed E-state index contributed by atoms with van der Waals surface area (Å²) in [5.41, 5.74) is 6.89. The second-order valence-corrected chi connectivity index (χ2v) is 6.34. The van der Waals surface area contributed by atoms with Gasteiger partial charge in [0.2, 0.25) is 0 Å². The van der Waals surface area contributed by atoms with Crippen LogP contribution in [0.2, 0.25) is 0 Å². The molecule has 98 valence electrons. The van der Waals surface area contributed by atoms with Crippen LogP contribution in [0.5, 0.6) is 0 Å². The van der Waals surface area contributed by atoms with Gasteiger partial charge in [0, 0.05) is 18.5 Å². The van der Waals surface area contributed by atoms with Crippen molar-refractivity contribution >= 4 is 20.7 Å². The predicted molar refractivity (Wildman–Crippen MR) is 72.0 cm³/mol. The molecule has 0 fully saturated rings. The first-order valence-corrected chi connectivity index (χ1v) is 7.74. The normalized spacial score (nSPS) is 12.1. The summed E-state index contributed by atoms with van der Waals surface area (Å²) in [5.74, 6) is -0.0436. The van der Waals surface area contributed by atoms with Crippen LogP contribution in [0.3, 0.4) is 0 Å². The van der Waals surface area contributed by atoms with E-state index in [9.17, 15) is 8.42 Å². The monoisotopic (exact) mass is 267 g/mol. The zero-order valence-corrected chi connectivity index (χ0v) is 11.2. The van der Waals surface area contributed by atoms with Gasteiger partial charge in [0.1, 0.15) is 0 Å². The Labute approximate surface area is 107 Å². The van der Waals surface area contributed by atoms with Crippen molar-refractivity contribution in [1.82, 2.24) is 9.78 Å². The highest BCUT2D eigenvalue weighted by Crippen LogP contribution is 2.20. The van der Waals surface area contributed by atoms with E-state index in [1.807, 2.05) is 35.9 Å². The Bertz CT molecular complexity index is 646. The molecule has 0 saturated carbocycles. The van der Waals surface area contributed by atoms with E-state index in [-0.39, 0.29) is 18.1 Å². The standard InChI is InChI=1S/C12H17N3O2S/c1-2-15-12-6-4-3-5-10(12)11(14-15)9-18(16,17)8-7-13/h3-6H,2,7-9,13H2,1H3. The number of hydrogen-bond donors (Lipinski definition) is 1. The molecule has 6 heteroatoms. The average Bonchev–Trinajstić information content (AvgIpc) is 2.67. The van der Waals surface area contributed by atoms with Crippen LogP contribution in [-0.2, 0) is 22.1 Å². The van der Waals surface area contributed by atoms with E-state index in [1.54, 1.807) is 0 Å². The van der Waals surface area contributed by atoms with Gasteiger partial charge in [-0.05, 0) is 13.0 Å². The van der Waals surface area contributed by atoms with Crippen molar-refractivity contribution in [3.63, 3.8) is 0 Å². The maximum Gasteiger partial charge on any atom is 0.157 e. The van der Waals surface area contributed by atoms with Gasteiger partial charge in [0.25, 0.3) is 0 Å². The van der Waals surface area contributed by atoms with E-state index < -0.39 is 9.84 Å². The van der Waals surface area contributed by atoms with Crippen molar-refractivity contribution in [1.29, 1.82) is 0 Å². The lowest BCUT2D eigenvalue weighted by atomic mass is 10.2. The largest absolute Gasteiger partial charge is 0.329 e. The molecule has 18 heavy (non-hydrogen) atoms. The molecule has 2 N–H and O–H groups in total. The molecular weight excluding hydrogens is 250 g/mol. The van der Waals surface area contributed by atoms with Gasteiger partial charge in [0.15, 0.2) is 9.84 Å². The molecule has 1 heterocycles. The number of nitrogens with zero attached hydrogens (tertiary/aromatic N) is 2. The summed E-state index contributed by atoms with van der Waals surface area (Å²) < 4.78 is 25.4. The molecule has 0 aliphatic carbocycles. The van der Waals surface area contributed by atoms with E-state index in [0.29, 0.717) is 5.69 Å². The molecule has 0 aliphatic heterocycles. The van der Waals surface area contributed by atoms with Crippen molar-refractivity contribution < 1.29 is 8.42 Å². The summed E-state index contributed by atoms with van der Waals surface area (Å²) >= 11 is 0. The predicted octanol–water partition coefficient (Wildman–Crippen LogP) is 0.930. The van der Waals surface area contributed by atoms with Crippen LogP contribution in [-0.4, -0.2) is 30.5 Å². The van der Waals surface area contributed by atoms with E-state index in [4.69, 9.17) is 5.73 Å². The molecule has 0 bridgehead atoms. The summed E-state index contributed by atoms with van der Waals surface area (Å²) in [7, 11) is -3.17. The summed E-state index contributed by atoms with van der Waals surface area (Å²) in [5, 5.41) is 5.27. The van der Waals surface area contributed by atoms with Gasteiger partial charge in [-0.15, -0.1) is 0 Å². The first kappa shape index (κ1) is 13.0. The third-order valence-electron chi connectivity index (χ3n) is 2.82. The molecule has 0 radical (unpaired) electrons. The Hall–Kier alpha value is -1.40. The van der Waals surface area contributed by atoms with E-state index in [1.165, 1.54) is 0 Å². The van der Waals surface area contributed by atoms with E-state index >= 15 is 0 Å². The highest BCUT2D eigenvalue weighted by Gasteiger charge is 2.17. The van der Waals surface area contributed by atoms with Crippen molar-refractivity contribution in [2.24, 2.45) is 5.73 Å². The Morgan fingerprint density at radius 2 is 2.06 bits per heavy atom. The van der Waals surface area contributed by atoms with Gasteiger partial charge in [-0.2, -0.15) is 5.10 Å². The average molecular weight is 267 g/mol. The number of benzene rings is 1. The van der Waals surface area contributed by atoms with Gasteiger partial charge in [0.05, 0.1) is 22.7 Å². The first-order valence-electron chi connectivity index (χ1n) is 5.92. The molecule has 0 saturated heterocycles. The Morgan fingerprint density at radius 3 is 2.72 bits per heavy atom. The fraction of sp³-hybridized carbons (Fsp3) is 0.417. The highest BCUT2D eigenvalue weighted by molar-refractivity contribution is 7.90. The molecule has 5 nitrogen and oxygen atoms in total. The molecule has 1 aromatic carbocycles. The zero-order chi connectivity index (χ0) is 13.2. The lowest BCUT2D eigenvalue weighted by Gasteiger charge is -2.00. The Morgan fingerprint density at radius 1 is 1.33 bits per heavy atom. The smallest absolute Gasteiger partial charge is 0.157 e. The number of aromatic nitrogens is 2. The fourth-order valence-electron chi connectivity index (χ4n) is 2.00. The third kappa shape index (κ3) is 2.54. The van der Waals surface area contributed by atoms with Crippen molar-refractivity contribution in [2.75, 3.05) is 12.3 Å². The number of rotatable bonds is 5. The third-order valence-corrected chi connectivity index (χ3v) is 4.39. The second-order valence-electron chi connectivity index (χ2n) is 4.16. The minimum Gasteiger partial charge on any atom is -0.329 e. The molecule has 1 aromatic heterocycles. The number of hydrogen-bond acceptors (Lipinski definition) is 4. The molecular formula is C12H17N3O2S. The molecule has 0 aliphatic rings. The fourth-order valence-corrected chi connectivity index (χ4v) is 3.14. The van der Waals surface area contributed by atoms with Gasteiger partial charge >= 0.3 is 0 Å². The van der Waals surface area contributed by atoms with Gasteiger partial charge in [-0.1, -0.05) is 18.2 Å². The minimum atomic E-state index is -3.17. The molecule has 0 atom stereocenters. The number of fused-ring (bicyclic) bond motifs is 1. The van der Waals surface area contributed by atoms with Crippen LogP contribution in [0.25, 0.3) is 10.9 Å². The lowest BCUT2D eigenvalue weighted by Crippen LogP contribution is -2.17. The Kier molecular flexibility index (Phi) is 3.68. The quantitative estimate of drug-likeness (QED) is 0.874. The minimum absolute atomic E-state index is 0.000309. The SMILES string of the molecule is CCn1nc(CS(=O)(=O)CCN)c2ccccc21. The van der Waals surface area contributed by atoms with Crippen LogP contribution in [0.15, 0.2) is 24.3 Å². The highest BCUT2D eigenvalue weighted by atomic mass is 32.2. The van der Waals surface area contributed by atoms with Crippen LogP contribution >= 0.6 is 0 Å². The topological polar surface area (TPSA) is 78.0 Å². The van der Waals surface area contributed by atoms with Gasteiger partial charge in [-0.3, -0.25) is 4.68 Å². The van der Waals surface area contributed by atoms with E-state index in [2.05, 4.69) is 5.10 Å². The van der Waals surface area contributed by atoms with Crippen LogP contribution in [0.4, 0.5) is 0 Å². The van der Waals surface area contributed by atoms with E-state index in [0.717, 1.165) is 17.4 Å². The first-order chi connectivity index (χ1) is 8.57. The number of para-hydroxylation sites is 1. The van der Waals surface area contributed by atoms with Crippen molar-refractivity contribution in [3.05, 3.63) is 30.0 Å². The zero-order valence-electron chi connectivity index (χ0n) is 10.3. The molecule has 0 unspecified atom stereocenters. The number of sulfone groups is 1. The second kappa shape index (κ2) is 5.07. The van der Waals surface area contributed by atoms with Crippen LogP contribution < -0.4 is 5.73 Å². The van der Waals surface area contributed by atoms with Crippen molar-refractivity contribution in [3.8, 4) is 0 Å². The van der Waals surface area contributed by atoms with Crippen LogP contribution in [0.1, 0.15) is 12.6 Å². The lowest BCUT2D eigenvalue weighted by molar-refractivity contribution is 0.593. The summed E-state index contributed by atoms with van der Waals surface area (Å²) in [4.78, 5) is 0. The molecule has 2 aromatic rings. The molecule has 2 rings (SSSR count). The molecule has 0 spiro atoms. The summed E-state index contributed by atoms with van der Waals surface area (Å²) in [6.07, 6.45) is 0. The number of aryl methyl sites for hydroxylation is 1. The van der Waals surface area contributed by atoms with Crippen LogP contribution in [0, 0.1) is 0 Å². The maximum absolute atomic E-state index is 11.8. The maximum atomic E-state index is 11.8. The van der Waals surface area contributed by atoms with Gasteiger partial charge < -0.3 is 5.73 Å². The summed E-state index contributed by atoms with van der Waals surface area (Å²) in [6.45, 7) is 2.85. The van der Waals surface area contributed by atoms with Gasteiger partial charge in [-0.25, -0.2) is 8.42 Å². The van der Waals surface area contributed by atoms with Crippen molar-refractivity contribution in [2.45, 2.75) is 19.2 Å². The molecule has 0 amide bonds.